The Bertz CT molecular complexity index is 740. The Morgan fingerprint density at radius 3 is 3.00 bits per heavy atom. The molecule has 2 aromatic rings. The maximum absolute atomic E-state index is 12.0. The van der Waals surface area contributed by atoms with E-state index in [0.717, 1.165) is 11.3 Å². The van der Waals surface area contributed by atoms with Crippen LogP contribution in [0.4, 0.5) is 15.6 Å². The second-order valence-electron chi connectivity index (χ2n) is 5.41. The highest BCUT2D eigenvalue weighted by atomic mass is 32.1. The predicted octanol–water partition coefficient (Wildman–Crippen LogP) is 1.37. The number of nitrogens with one attached hydrogen (secondary N) is 2. The number of nitrogens with zero attached hydrogens (tertiary/aromatic N) is 2. The van der Waals surface area contributed by atoms with Crippen molar-refractivity contribution in [3.8, 4) is 5.75 Å². The summed E-state index contributed by atoms with van der Waals surface area (Å²) in [6.07, 6.45) is -1.48. The maximum atomic E-state index is 12.0. The van der Waals surface area contributed by atoms with Gasteiger partial charge in [-0.05, 0) is 12.1 Å². The van der Waals surface area contributed by atoms with Gasteiger partial charge in [-0.3, -0.25) is 5.32 Å². The van der Waals surface area contributed by atoms with Crippen molar-refractivity contribution in [2.45, 2.75) is 24.7 Å². The van der Waals surface area contributed by atoms with Crippen molar-refractivity contribution in [2.75, 3.05) is 24.4 Å². The van der Waals surface area contributed by atoms with Gasteiger partial charge in [0, 0.05) is 18.2 Å². The number of ether oxygens (including phenoxy) is 2. The van der Waals surface area contributed by atoms with Crippen LogP contribution in [0.5, 0.6) is 5.75 Å². The lowest BCUT2D eigenvalue weighted by Gasteiger charge is -2.09. The lowest BCUT2D eigenvalue weighted by atomic mass is 10.1. The van der Waals surface area contributed by atoms with E-state index in [1.807, 2.05) is 0 Å². The summed E-state index contributed by atoms with van der Waals surface area (Å²) >= 11 is 1.15. The van der Waals surface area contributed by atoms with Crippen molar-refractivity contribution >= 4 is 28.2 Å². The molecule has 0 unspecified atom stereocenters. The van der Waals surface area contributed by atoms with Gasteiger partial charge in [-0.2, -0.15) is 0 Å². The zero-order valence-electron chi connectivity index (χ0n) is 13.4. The number of aliphatic hydroxyl groups excluding tert-OH is 2. The van der Waals surface area contributed by atoms with Crippen molar-refractivity contribution in [3.05, 3.63) is 29.3 Å². The number of aliphatic hydroxyl groups is 2. The number of carbonyl (C=O) groups excluding carboxylic acids is 1. The number of hydrogen-bond donors (Lipinski definition) is 4. The van der Waals surface area contributed by atoms with E-state index in [1.165, 1.54) is 0 Å². The molecule has 2 heterocycles. The molecule has 10 heteroatoms. The van der Waals surface area contributed by atoms with Gasteiger partial charge < -0.3 is 25.0 Å². The fraction of sp³-hybridized carbons (Fsp3) is 0.400. The Kier molecular flexibility index (Phi) is 5.43. The lowest BCUT2D eigenvalue weighted by molar-refractivity contribution is -0.0227. The van der Waals surface area contributed by atoms with Crippen LogP contribution in [0.1, 0.15) is 17.5 Å². The molecule has 1 aliphatic heterocycles. The van der Waals surface area contributed by atoms with Gasteiger partial charge in [0.2, 0.25) is 5.13 Å². The molecule has 4 N–H and O–H groups in total. The van der Waals surface area contributed by atoms with E-state index in [2.05, 4.69) is 20.8 Å². The largest absolute Gasteiger partial charge is 0.497 e. The second kappa shape index (κ2) is 7.74. The number of anilines is 2. The van der Waals surface area contributed by atoms with Gasteiger partial charge >= 0.3 is 6.03 Å². The van der Waals surface area contributed by atoms with E-state index in [0.29, 0.717) is 28.0 Å². The Morgan fingerprint density at radius 1 is 1.44 bits per heavy atom. The number of carbonyl (C=O) groups is 1. The summed E-state index contributed by atoms with van der Waals surface area (Å²) in [6, 6.07) is 6.49. The van der Waals surface area contributed by atoms with Crippen molar-refractivity contribution in [2.24, 2.45) is 0 Å². The van der Waals surface area contributed by atoms with Gasteiger partial charge in [-0.15, -0.1) is 10.2 Å². The molecule has 2 amide bonds. The molecule has 3 rings (SSSR count). The van der Waals surface area contributed by atoms with Crippen LogP contribution in [0.15, 0.2) is 24.3 Å². The molecule has 3 atom stereocenters. The highest BCUT2D eigenvalue weighted by Gasteiger charge is 2.36. The van der Waals surface area contributed by atoms with Crippen LogP contribution in [0.25, 0.3) is 0 Å². The minimum Gasteiger partial charge on any atom is -0.497 e. The third-order valence-corrected chi connectivity index (χ3v) is 4.60. The minimum absolute atomic E-state index is 0.259. The molecule has 0 aliphatic carbocycles. The number of benzene rings is 1. The maximum Gasteiger partial charge on any atom is 0.325 e. The Hall–Kier alpha value is -2.27. The topological polar surface area (TPSA) is 126 Å². The molecule has 0 radical (unpaired) electrons. The summed E-state index contributed by atoms with van der Waals surface area (Å²) in [5.74, 6) is 0.631. The molecule has 1 saturated heterocycles. The monoisotopic (exact) mass is 366 g/mol. The summed E-state index contributed by atoms with van der Waals surface area (Å²) in [5.41, 5.74) is 0.578. The fourth-order valence-corrected chi connectivity index (χ4v) is 3.22. The van der Waals surface area contributed by atoms with Gasteiger partial charge in [0.25, 0.3) is 0 Å². The SMILES string of the molecule is COc1cccc(NC(=O)Nc2nnc([C@H]3C[C@H](O)[C@@H](CO)O3)s2)c1. The fourth-order valence-electron chi connectivity index (χ4n) is 2.43. The van der Waals surface area contributed by atoms with Crippen LogP contribution in [0, 0.1) is 0 Å². The van der Waals surface area contributed by atoms with Crippen molar-refractivity contribution in [1.29, 1.82) is 0 Å². The standard InChI is InChI=1S/C15H18N4O5S/c1-23-9-4-2-3-8(5-9)16-14(22)17-15-19-18-13(25-15)11-6-10(21)12(7-20)24-11/h2-5,10-12,20-21H,6-7H2,1H3,(H2,16,17,19,22)/t10-,11+,12+/m0/s1. The van der Waals surface area contributed by atoms with Crippen molar-refractivity contribution < 1.29 is 24.5 Å². The molecule has 1 fully saturated rings. The van der Waals surface area contributed by atoms with Crippen LogP contribution in [0.3, 0.4) is 0 Å². The summed E-state index contributed by atoms with van der Waals surface area (Å²) in [7, 11) is 1.55. The van der Waals surface area contributed by atoms with E-state index < -0.39 is 24.3 Å². The molecule has 25 heavy (non-hydrogen) atoms. The third kappa shape index (κ3) is 4.23. The third-order valence-electron chi connectivity index (χ3n) is 3.67. The number of aromatic nitrogens is 2. The van der Waals surface area contributed by atoms with E-state index >= 15 is 0 Å². The molecule has 1 aromatic carbocycles. The number of amides is 2. The summed E-state index contributed by atoms with van der Waals surface area (Å²) < 4.78 is 10.6. The van der Waals surface area contributed by atoms with Crippen molar-refractivity contribution in [1.82, 2.24) is 10.2 Å². The molecule has 0 bridgehead atoms. The highest BCUT2D eigenvalue weighted by Crippen LogP contribution is 2.35. The first kappa shape index (κ1) is 17.5. The quantitative estimate of drug-likeness (QED) is 0.630. The Labute approximate surface area is 147 Å². The molecule has 9 nitrogen and oxygen atoms in total. The predicted molar refractivity (Wildman–Crippen MR) is 90.9 cm³/mol. The Balaban J connectivity index is 1.58. The summed E-state index contributed by atoms with van der Waals surface area (Å²) in [4.78, 5) is 12.0. The van der Waals surface area contributed by atoms with Crippen LogP contribution in [0.2, 0.25) is 0 Å². The van der Waals surface area contributed by atoms with E-state index in [-0.39, 0.29) is 6.61 Å². The first-order valence-corrected chi connectivity index (χ1v) is 8.40. The smallest absolute Gasteiger partial charge is 0.325 e. The van der Waals surface area contributed by atoms with E-state index in [1.54, 1.807) is 31.4 Å². The van der Waals surface area contributed by atoms with Crippen LogP contribution >= 0.6 is 11.3 Å². The lowest BCUT2D eigenvalue weighted by Crippen LogP contribution is -2.24. The number of methoxy groups -OCH3 is 1. The van der Waals surface area contributed by atoms with Gasteiger partial charge in [-0.1, -0.05) is 17.4 Å². The normalized spacial score (nSPS) is 22.6. The number of hydrogen-bond acceptors (Lipinski definition) is 8. The number of urea groups is 1. The van der Waals surface area contributed by atoms with Gasteiger partial charge in [0.05, 0.1) is 19.8 Å². The van der Waals surface area contributed by atoms with Crippen LogP contribution < -0.4 is 15.4 Å². The minimum atomic E-state index is -0.744. The van der Waals surface area contributed by atoms with E-state index in [4.69, 9.17) is 14.6 Å². The van der Waals surface area contributed by atoms with Gasteiger partial charge in [-0.25, -0.2) is 4.79 Å². The second-order valence-corrected chi connectivity index (χ2v) is 6.41. The molecular formula is C15H18N4O5S. The molecule has 0 saturated carbocycles. The highest BCUT2D eigenvalue weighted by molar-refractivity contribution is 7.15. The summed E-state index contributed by atoms with van der Waals surface area (Å²) in [6.45, 7) is -0.259. The first-order chi connectivity index (χ1) is 12.1. The molecule has 0 spiro atoms. The summed E-state index contributed by atoms with van der Waals surface area (Å²) in [5, 5.41) is 32.9. The van der Waals surface area contributed by atoms with Crippen molar-refractivity contribution in [3.63, 3.8) is 0 Å². The molecule has 1 aromatic heterocycles. The number of rotatable bonds is 5. The van der Waals surface area contributed by atoms with Crippen LogP contribution in [-0.2, 0) is 4.74 Å². The van der Waals surface area contributed by atoms with Crippen LogP contribution in [-0.4, -0.2) is 52.4 Å². The average Bonchev–Trinajstić information content (AvgIpc) is 3.21. The zero-order chi connectivity index (χ0) is 17.8. The van der Waals surface area contributed by atoms with E-state index in [9.17, 15) is 9.90 Å². The molecular weight excluding hydrogens is 348 g/mol. The zero-order valence-corrected chi connectivity index (χ0v) is 14.2. The van der Waals surface area contributed by atoms with Gasteiger partial charge in [0.1, 0.15) is 23.0 Å². The van der Waals surface area contributed by atoms with Gasteiger partial charge in [0.15, 0.2) is 0 Å². The Morgan fingerprint density at radius 2 is 2.28 bits per heavy atom. The molecule has 134 valence electrons. The molecule has 1 aliphatic rings. The first-order valence-electron chi connectivity index (χ1n) is 7.59. The average molecular weight is 366 g/mol.